The Bertz CT molecular complexity index is 453. The summed E-state index contributed by atoms with van der Waals surface area (Å²) in [6.45, 7) is 0. The van der Waals surface area contributed by atoms with Gasteiger partial charge in [0.05, 0.1) is 25.3 Å². The van der Waals surface area contributed by atoms with Crippen LogP contribution in [0.15, 0.2) is 18.2 Å². The van der Waals surface area contributed by atoms with E-state index in [4.69, 9.17) is 9.47 Å². The van der Waals surface area contributed by atoms with Crippen molar-refractivity contribution in [3.63, 3.8) is 0 Å². The second kappa shape index (κ2) is 5.87. The highest BCUT2D eigenvalue weighted by atomic mass is 16.5. The predicted molar refractivity (Wildman–Crippen MR) is 70.3 cm³/mol. The molecule has 1 saturated carbocycles. The highest BCUT2D eigenvalue weighted by molar-refractivity contribution is 5.95. The molecule has 4 nitrogen and oxygen atoms in total. The molecular weight excluding hydrogens is 244 g/mol. The first-order valence-electron chi connectivity index (χ1n) is 6.47. The zero-order valence-electron chi connectivity index (χ0n) is 11.3. The van der Waals surface area contributed by atoms with Crippen molar-refractivity contribution >= 4 is 11.9 Å². The Balaban J connectivity index is 2.41. The maximum atomic E-state index is 11.7. The smallest absolute Gasteiger partial charge is 0.337 e. The molecule has 102 valence electrons. The van der Waals surface area contributed by atoms with Gasteiger partial charge in [-0.25, -0.2) is 9.59 Å². The molecule has 0 N–H and O–H groups in total. The highest BCUT2D eigenvalue weighted by Crippen LogP contribution is 2.35. The number of rotatable bonds is 3. The molecule has 1 aliphatic carbocycles. The van der Waals surface area contributed by atoms with Crippen molar-refractivity contribution in [1.82, 2.24) is 0 Å². The molecule has 0 spiro atoms. The summed E-state index contributed by atoms with van der Waals surface area (Å²) in [6, 6.07) is 5.18. The van der Waals surface area contributed by atoms with Gasteiger partial charge in [0.15, 0.2) is 0 Å². The number of carbonyl (C=O) groups is 2. The van der Waals surface area contributed by atoms with Crippen LogP contribution >= 0.6 is 0 Å². The van der Waals surface area contributed by atoms with Gasteiger partial charge in [-0.2, -0.15) is 0 Å². The normalized spacial score (nSPS) is 15.3. The SMILES string of the molecule is COC(=O)c1cc(C(=O)OC)cc(C2CCCC2)c1. The van der Waals surface area contributed by atoms with E-state index >= 15 is 0 Å². The largest absolute Gasteiger partial charge is 0.465 e. The molecular formula is C15H18O4. The average Bonchev–Trinajstić information content (AvgIpc) is 2.99. The number of hydrogen-bond acceptors (Lipinski definition) is 4. The topological polar surface area (TPSA) is 52.6 Å². The van der Waals surface area contributed by atoms with Crippen molar-refractivity contribution in [2.24, 2.45) is 0 Å². The summed E-state index contributed by atoms with van der Waals surface area (Å²) >= 11 is 0. The molecule has 0 bridgehead atoms. The van der Waals surface area contributed by atoms with E-state index in [2.05, 4.69) is 0 Å². The summed E-state index contributed by atoms with van der Waals surface area (Å²) in [4.78, 5) is 23.3. The van der Waals surface area contributed by atoms with Crippen molar-refractivity contribution in [3.05, 3.63) is 34.9 Å². The Morgan fingerprint density at radius 3 is 1.84 bits per heavy atom. The van der Waals surface area contributed by atoms with Gasteiger partial charge in [0.25, 0.3) is 0 Å². The number of benzene rings is 1. The molecule has 0 aliphatic heterocycles. The first kappa shape index (κ1) is 13.6. The lowest BCUT2D eigenvalue weighted by Gasteiger charge is -2.12. The number of esters is 2. The quantitative estimate of drug-likeness (QED) is 0.786. The number of methoxy groups -OCH3 is 2. The van der Waals surface area contributed by atoms with Gasteiger partial charge in [0.1, 0.15) is 0 Å². The Labute approximate surface area is 112 Å². The van der Waals surface area contributed by atoms with Gasteiger partial charge in [0, 0.05) is 0 Å². The van der Waals surface area contributed by atoms with E-state index in [1.165, 1.54) is 33.1 Å². The van der Waals surface area contributed by atoms with E-state index in [1.807, 2.05) is 12.1 Å². The molecule has 19 heavy (non-hydrogen) atoms. The fourth-order valence-corrected chi connectivity index (χ4v) is 2.62. The van der Waals surface area contributed by atoms with Crippen molar-refractivity contribution in [3.8, 4) is 0 Å². The van der Waals surface area contributed by atoms with Crippen molar-refractivity contribution in [2.75, 3.05) is 14.2 Å². The van der Waals surface area contributed by atoms with Gasteiger partial charge >= 0.3 is 11.9 Å². The summed E-state index contributed by atoms with van der Waals surface area (Å²) in [7, 11) is 2.67. The van der Waals surface area contributed by atoms with Crippen LogP contribution in [0.5, 0.6) is 0 Å². The van der Waals surface area contributed by atoms with E-state index in [9.17, 15) is 9.59 Å². The summed E-state index contributed by atoms with van der Waals surface area (Å²) in [5.41, 5.74) is 1.85. The fourth-order valence-electron chi connectivity index (χ4n) is 2.62. The minimum Gasteiger partial charge on any atom is -0.465 e. The molecule has 2 rings (SSSR count). The van der Waals surface area contributed by atoms with E-state index in [0.717, 1.165) is 18.4 Å². The number of carbonyl (C=O) groups excluding carboxylic acids is 2. The lowest BCUT2D eigenvalue weighted by atomic mass is 9.94. The number of hydrogen-bond donors (Lipinski definition) is 0. The average molecular weight is 262 g/mol. The van der Waals surface area contributed by atoms with Gasteiger partial charge in [-0.1, -0.05) is 12.8 Å². The Morgan fingerprint density at radius 1 is 0.947 bits per heavy atom. The van der Waals surface area contributed by atoms with Gasteiger partial charge < -0.3 is 9.47 Å². The monoisotopic (exact) mass is 262 g/mol. The van der Waals surface area contributed by atoms with Gasteiger partial charge in [-0.05, 0) is 42.5 Å². The van der Waals surface area contributed by atoms with Gasteiger partial charge in [-0.15, -0.1) is 0 Å². The van der Waals surface area contributed by atoms with Crippen LogP contribution in [0.25, 0.3) is 0 Å². The van der Waals surface area contributed by atoms with Crippen LogP contribution in [0, 0.1) is 0 Å². The molecule has 4 heteroatoms. The molecule has 1 fully saturated rings. The number of ether oxygens (including phenoxy) is 2. The van der Waals surface area contributed by atoms with Crippen LogP contribution in [-0.2, 0) is 9.47 Å². The van der Waals surface area contributed by atoms with E-state index in [-0.39, 0.29) is 0 Å². The second-order valence-electron chi connectivity index (χ2n) is 4.81. The molecule has 0 radical (unpaired) electrons. The summed E-state index contributed by atoms with van der Waals surface area (Å²) in [6.07, 6.45) is 4.60. The minimum absolute atomic E-state index is 0.410. The summed E-state index contributed by atoms with van der Waals surface area (Å²) in [5, 5.41) is 0. The van der Waals surface area contributed by atoms with Crippen molar-refractivity contribution < 1.29 is 19.1 Å². The predicted octanol–water partition coefficient (Wildman–Crippen LogP) is 2.92. The second-order valence-corrected chi connectivity index (χ2v) is 4.81. The molecule has 0 heterocycles. The lowest BCUT2D eigenvalue weighted by Crippen LogP contribution is -2.08. The van der Waals surface area contributed by atoms with Crippen LogP contribution in [-0.4, -0.2) is 26.2 Å². The zero-order chi connectivity index (χ0) is 13.8. The lowest BCUT2D eigenvalue weighted by molar-refractivity contribution is 0.0599. The standard InChI is InChI=1S/C15H18O4/c1-18-14(16)12-7-11(10-5-3-4-6-10)8-13(9-12)15(17)19-2/h7-10H,3-6H2,1-2H3. The van der Waals surface area contributed by atoms with E-state index in [1.54, 1.807) is 0 Å². The zero-order valence-corrected chi connectivity index (χ0v) is 11.3. The molecule has 0 atom stereocenters. The molecule has 0 unspecified atom stereocenters. The first-order valence-corrected chi connectivity index (χ1v) is 6.47. The first-order chi connectivity index (χ1) is 9.15. The highest BCUT2D eigenvalue weighted by Gasteiger charge is 2.21. The van der Waals surface area contributed by atoms with Crippen LogP contribution in [0.2, 0.25) is 0 Å². The summed E-state index contributed by atoms with van der Waals surface area (Å²) < 4.78 is 9.46. The molecule has 1 aliphatic rings. The van der Waals surface area contributed by atoms with Crippen LogP contribution < -0.4 is 0 Å². The molecule has 1 aromatic carbocycles. The fraction of sp³-hybridized carbons (Fsp3) is 0.467. The van der Waals surface area contributed by atoms with Crippen LogP contribution in [0.4, 0.5) is 0 Å². The summed E-state index contributed by atoms with van der Waals surface area (Å²) in [5.74, 6) is -0.428. The minimum atomic E-state index is -0.426. The van der Waals surface area contributed by atoms with E-state index < -0.39 is 11.9 Å². The molecule has 0 saturated heterocycles. The van der Waals surface area contributed by atoms with Crippen molar-refractivity contribution in [2.45, 2.75) is 31.6 Å². The van der Waals surface area contributed by atoms with E-state index in [0.29, 0.717) is 17.0 Å². The molecule has 0 amide bonds. The maximum Gasteiger partial charge on any atom is 0.337 e. The third kappa shape index (κ3) is 2.95. The van der Waals surface area contributed by atoms with Crippen LogP contribution in [0.1, 0.15) is 57.9 Å². The van der Waals surface area contributed by atoms with Gasteiger partial charge in [-0.3, -0.25) is 0 Å². The third-order valence-corrected chi connectivity index (χ3v) is 3.62. The Morgan fingerprint density at radius 2 is 1.42 bits per heavy atom. The third-order valence-electron chi connectivity index (χ3n) is 3.62. The van der Waals surface area contributed by atoms with Crippen molar-refractivity contribution in [1.29, 1.82) is 0 Å². The van der Waals surface area contributed by atoms with Gasteiger partial charge in [0.2, 0.25) is 0 Å². The molecule has 1 aromatic rings. The molecule has 0 aromatic heterocycles. The Hall–Kier alpha value is -1.84. The Kier molecular flexibility index (Phi) is 4.20. The maximum absolute atomic E-state index is 11.7. The van der Waals surface area contributed by atoms with Crippen LogP contribution in [0.3, 0.4) is 0 Å².